The Morgan fingerprint density at radius 3 is 1.86 bits per heavy atom. The zero-order chi connectivity index (χ0) is 30.2. The standard InChI is InChI=1S/C31H30FO8PS/c1-23-17-29(32)28(30(18-23)42(2,35)36)22-37-31(33)19-24-13-15-27(16-14-24)40-41(34,38-20-25-9-5-3-6-10-25)39-21-26-11-7-4-8-12-26/h3-18H,19-22H2,1-2H3. The van der Waals surface area contributed by atoms with Gasteiger partial charge in [-0.1, -0.05) is 72.8 Å². The molecule has 0 spiro atoms. The molecule has 0 aliphatic carbocycles. The zero-order valence-corrected chi connectivity index (χ0v) is 24.8. The molecule has 0 unspecified atom stereocenters. The van der Waals surface area contributed by atoms with E-state index in [2.05, 4.69) is 0 Å². The lowest BCUT2D eigenvalue weighted by Crippen LogP contribution is -2.12. The van der Waals surface area contributed by atoms with E-state index in [1.165, 1.54) is 24.3 Å². The van der Waals surface area contributed by atoms with Crippen LogP contribution in [0.3, 0.4) is 0 Å². The molecule has 0 amide bonds. The summed E-state index contributed by atoms with van der Waals surface area (Å²) in [5.41, 5.74) is 2.33. The van der Waals surface area contributed by atoms with Gasteiger partial charge in [0.2, 0.25) is 0 Å². The van der Waals surface area contributed by atoms with E-state index >= 15 is 0 Å². The summed E-state index contributed by atoms with van der Waals surface area (Å²) in [5, 5.41) is 0. The van der Waals surface area contributed by atoms with Gasteiger partial charge in [-0.2, -0.15) is 0 Å². The number of ether oxygens (including phenoxy) is 1. The lowest BCUT2D eigenvalue weighted by molar-refractivity contribution is -0.144. The van der Waals surface area contributed by atoms with Crippen LogP contribution in [0.15, 0.2) is 102 Å². The maximum Gasteiger partial charge on any atom is 0.530 e. The van der Waals surface area contributed by atoms with Gasteiger partial charge in [0.15, 0.2) is 9.84 Å². The summed E-state index contributed by atoms with van der Waals surface area (Å²) in [7, 11) is -7.80. The van der Waals surface area contributed by atoms with Crippen LogP contribution in [0.2, 0.25) is 0 Å². The minimum absolute atomic E-state index is 0.000540. The van der Waals surface area contributed by atoms with Crippen LogP contribution in [-0.4, -0.2) is 20.6 Å². The normalized spacial score (nSPS) is 11.7. The molecule has 42 heavy (non-hydrogen) atoms. The summed E-state index contributed by atoms with van der Waals surface area (Å²) < 4.78 is 74.3. The van der Waals surface area contributed by atoms with Crippen molar-refractivity contribution in [2.75, 3.05) is 6.26 Å². The molecule has 0 saturated carbocycles. The van der Waals surface area contributed by atoms with Crippen molar-refractivity contribution in [1.29, 1.82) is 0 Å². The number of aryl methyl sites for hydroxylation is 1. The van der Waals surface area contributed by atoms with E-state index in [1.54, 1.807) is 19.1 Å². The highest BCUT2D eigenvalue weighted by atomic mass is 32.2. The maximum atomic E-state index is 14.5. The van der Waals surface area contributed by atoms with E-state index in [9.17, 15) is 22.2 Å². The molecule has 220 valence electrons. The number of hydrogen-bond donors (Lipinski definition) is 0. The number of esters is 1. The highest BCUT2D eigenvalue weighted by Crippen LogP contribution is 2.51. The number of rotatable bonds is 13. The molecule has 0 saturated heterocycles. The average molecular weight is 613 g/mol. The predicted molar refractivity (Wildman–Crippen MR) is 155 cm³/mol. The number of benzene rings is 4. The van der Waals surface area contributed by atoms with Crippen molar-refractivity contribution in [3.63, 3.8) is 0 Å². The van der Waals surface area contributed by atoms with Crippen molar-refractivity contribution >= 4 is 23.6 Å². The van der Waals surface area contributed by atoms with Gasteiger partial charge in [-0.05, 0) is 53.4 Å². The van der Waals surface area contributed by atoms with Gasteiger partial charge in [0.05, 0.1) is 24.5 Å². The van der Waals surface area contributed by atoms with E-state index in [1.807, 2.05) is 60.7 Å². The molecular formula is C31H30FO8PS. The SMILES string of the molecule is Cc1cc(F)c(COC(=O)Cc2ccc(OP(=O)(OCc3ccccc3)OCc3ccccc3)cc2)c(S(C)(=O)=O)c1. The molecule has 0 aliphatic rings. The molecule has 4 aromatic rings. The van der Waals surface area contributed by atoms with E-state index in [4.69, 9.17) is 18.3 Å². The second kappa shape index (κ2) is 13.9. The minimum Gasteiger partial charge on any atom is -0.460 e. The van der Waals surface area contributed by atoms with Gasteiger partial charge in [0.25, 0.3) is 0 Å². The first-order chi connectivity index (χ1) is 20.0. The Morgan fingerprint density at radius 2 is 1.33 bits per heavy atom. The molecule has 0 bridgehead atoms. The van der Waals surface area contributed by atoms with Gasteiger partial charge in [-0.15, -0.1) is 0 Å². The summed E-state index contributed by atoms with van der Waals surface area (Å²) >= 11 is 0. The molecule has 0 heterocycles. The lowest BCUT2D eigenvalue weighted by atomic mass is 10.1. The molecule has 0 atom stereocenters. The predicted octanol–water partition coefficient (Wildman–Crippen LogP) is 6.74. The zero-order valence-electron chi connectivity index (χ0n) is 23.1. The monoisotopic (exact) mass is 612 g/mol. The molecule has 0 fully saturated rings. The Kier molecular flexibility index (Phi) is 10.3. The van der Waals surface area contributed by atoms with Crippen molar-refractivity contribution in [3.8, 4) is 5.75 Å². The number of phosphoric ester groups is 1. The molecular weight excluding hydrogens is 582 g/mol. The van der Waals surface area contributed by atoms with Crippen molar-refractivity contribution in [2.45, 2.75) is 38.1 Å². The molecule has 0 N–H and O–H groups in total. The van der Waals surface area contributed by atoms with E-state index in [-0.39, 0.29) is 35.8 Å². The molecule has 4 rings (SSSR count). The number of sulfone groups is 1. The van der Waals surface area contributed by atoms with Crippen molar-refractivity contribution in [3.05, 3.63) is 131 Å². The first-order valence-electron chi connectivity index (χ1n) is 12.9. The van der Waals surface area contributed by atoms with Crippen molar-refractivity contribution < 1.29 is 40.5 Å². The lowest BCUT2D eigenvalue weighted by Gasteiger charge is -2.19. The van der Waals surface area contributed by atoms with Gasteiger partial charge < -0.3 is 9.26 Å². The summed E-state index contributed by atoms with van der Waals surface area (Å²) in [6.45, 7) is 1.04. The summed E-state index contributed by atoms with van der Waals surface area (Å²) in [6.07, 6.45) is 0.795. The Morgan fingerprint density at radius 1 is 0.786 bits per heavy atom. The maximum absolute atomic E-state index is 14.5. The van der Waals surface area contributed by atoms with Crippen LogP contribution >= 0.6 is 7.82 Å². The molecule has 0 aromatic heterocycles. The molecule has 0 aliphatic heterocycles. The third-order valence-corrected chi connectivity index (χ3v) is 8.52. The summed E-state index contributed by atoms with van der Waals surface area (Å²) in [6, 6.07) is 27.0. The van der Waals surface area contributed by atoms with Crippen LogP contribution in [0.4, 0.5) is 4.39 Å². The highest BCUT2D eigenvalue weighted by molar-refractivity contribution is 7.90. The van der Waals surface area contributed by atoms with Crippen LogP contribution in [0, 0.1) is 12.7 Å². The quantitative estimate of drug-likeness (QED) is 0.121. The van der Waals surface area contributed by atoms with E-state index in [0.717, 1.165) is 17.4 Å². The topological polar surface area (TPSA) is 105 Å². The number of phosphoric acid groups is 1. The second-order valence-electron chi connectivity index (χ2n) is 9.53. The fourth-order valence-electron chi connectivity index (χ4n) is 3.92. The summed E-state index contributed by atoms with van der Waals surface area (Å²) in [4.78, 5) is 12.2. The van der Waals surface area contributed by atoms with Gasteiger partial charge in [0, 0.05) is 11.8 Å². The van der Waals surface area contributed by atoms with E-state index in [0.29, 0.717) is 11.1 Å². The van der Waals surface area contributed by atoms with Gasteiger partial charge in [-0.25, -0.2) is 17.4 Å². The van der Waals surface area contributed by atoms with Gasteiger partial charge >= 0.3 is 13.8 Å². The van der Waals surface area contributed by atoms with Gasteiger partial charge in [-0.3, -0.25) is 13.8 Å². The largest absolute Gasteiger partial charge is 0.530 e. The van der Waals surface area contributed by atoms with Crippen LogP contribution < -0.4 is 4.52 Å². The Hall–Kier alpha value is -3.82. The van der Waals surface area contributed by atoms with Gasteiger partial charge in [0.1, 0.15) is 18.2 Å². The Balaban J connectivity index is 1.40. The number of carbonyl (C=O) groups is 1. The van der Waals surface area contributed by atoms with Crippen molar-refractivity contribution in [2.24, 2.45) is 0 Å². The summed E-state index contributed by atoms with van der Waals surface area (Å²) in [5.74, 6) is -1.26. The minimum atomic E-state index is -4.06. The highest BCUT2D eigenvalue weighted by Gasteiger charge is 2.29. The first kappa shape index (κ1) is 31.1. The molecule has 4 aromatic carbocycles. The smallest absolute Gasteiger partial charge is 0.460 e. The second-order valence-corrected chi connectivity index (χ2v) is 13.1. The number of hydrogen-bond acceptors (Lipinski definition) is 8. The molecule has 8 nitrogen and oxygen atoms in total. The van der Waals surface area contributed by atoms with E-state index < -0.39 is 36.1 Å². The molecule has 11 heteroatoms. The number of halogens is 1. The van der Waals surface area contributed by atoms with Crippen molar-refractivity contribution in [1.82, 2.24) is 0 Å². The Labute approximate surface area is 244 Å². The van der Waals surface area contributed by atoms with Crippen LogP contribution in [0.1, 0.15) is 27.8 Å². The average Bonchev–Trinajstić information content (AvgIpc) is 2.96. The Bertz CT molecular complexity index is 1610. The van der Waals surface area contributed by atoms with Crippen LogP contribution in [0.5, 0.6) is 5.75 Å². The third kappa shape index (κ3) is 9.09. The first-order valence-corrected chi connectivity index (χ1v) is 16.3. The fourth-order valence-corrected chi connectivity index (χ4v) is 6.10. The molecule has 0 radical (unpaired) electrons. The number of carbonyl (C=O) groups excluding carboxylic acids is 1. The van der Waals surface area contributed by atoms with Crippen LogP contribution in [-0.2, 0) is 59.2 Å². The van der Waals surface area contributed by atoms with Crippen LogP contribution in [0.25, 0.3) is 0 Å². The third-order valence-electron chi connectivity index (χ3n) is 6.03. The fraction of sp³-hybridized carbons (Fsp3) is 0.194.